The lowest BCUT2D eigenvalue weighted by Crippen LogP contribution is -1.89. The van der Waals surface area contributed by atoms with Crippen molar-refractivity contribution in [1.82, 2.24) is 15.0 Å². The number of aromatic nitrogens is 3. The topological polar surface area (TPSA) is 38.7 Å². The van der Waals surface area contributed by atoms with E-state index in [1.165, 1.54) is 12.4 Å². The summed E-state index contributed by atoms with van der Waals surface area (Å²) in [5.74, 6) is -0.362. The molecule has 3 nitrogen and oxygen atoms in total. The highest BCUT2D eigenvalue weighted by molar-refractivity contribution is 5.57. The predicted octanol–water partition coefficient (Wildman–Crippen LogP) is 1.99. The van der Waals surface area contributed by atoms with E-state index in [2.05, 4.69) is 15.0 Å². The maximum Gasteiger partial charge on any atom is 0.142 e. The summed E-state index contributed by atoms with van der Waals surface area (Å²) in [5.41, 5.74) is 2.19. The second kappa shape index (κ2) is 3.49. The molecule has 2 rings (SSSR count). The molecular weight excluding hydrogens is 181 g/mol. The van der Waals surface area contributed by atoms with Crippen LogP contribution in [0.25, 0.3) is 11.3 Å². The maximum absolute atomic E-state index is 12.8. The van der Waals surface area contributed by atoms with E-state index in [9.17, 15) is 4.39 Å². The van der Waals surface area contributed by atoms with E-state index in [0.717, 1.165) is 11.9 Å². The third-order valence-electron chi connectivity index (χ3n) is 1.80. The fourth-order valence-electron chi connectivity index (χ4n) is 1.16. The molecular formula is C10H8FN3. The summed E-state index contributed by atoms with van der Waals surface area (Å²) < 4.78 is 12.8. The lowest BCUT2D eigenvalue weighted by Gasteiger charge is -2.00. The van der Waals surface area contributed by atoms with Gasteiger partial charge in [-0.25, -0.2) is 14.4 Å². The van der Waals surface area contributed by atoms with Gasteiger partial charge in [-0.2, -0.15) is 0 Å². The van der Waals surface area contributed by atoms with E-state index in [1.807, 2.05) is 6.92 Å². The number of halogens is 1. The zero-order valence-electron chi connectivity index (χ0n) is 7.61. The van der Waals surface area contributed by atoms with Gasteiger partial charge in [-0.3, -0.25) is 4.98 Å². The highest BCUT2D eigenvalue weighted by Crippen LogP contribution is 2.15. The minimum absolute atomic E-state index is 0.362. The Kier molecular flexibility index (Phi) is 2.18. The molecule has 0 aliphatic carbocycles. The normalized spacial score (nSPS) is 10.1. The van der Waals surface area contributed by atoms with Crippen molar-refractivity contribution in [3.05, 3.63) is 42.4 Å². The van der Waals surface area contributed by atoms with Gasteiger partial charge in [0.2, 0.25) is 0 Å². The van der Waals surface area contributed by atoms with Crippen LogP contribution in [0.4, 0.5) is 4.39 Å². The molecule has 0 unspecified atom stereocenters. The summed E-state index contributed by atoms with van der Waals surface area (Å²) in [4.78, 5) is 11.8. The minimum Gasteiger partial charge on any atom is -0.261 e. The van der Waals surface area contributed by atoms with Crippen LogP contribution in [0.1, 0.15) is 5.69 Å². The first-order valence-electron chi connectivity index (χ1n) is 4.15. The molecule has 0 atom stereocenters. The van der Waals surface area contributed by atoms with Crippen molar-refractivity contribution in [1.29, 1.82) is 0 Å². The molecule has 0 aliphatic rings. The van der Waals surface area contributed by atoms with Gasteiger partial charge in [0.15, 0.2) is 0 Å². The van der Waals surface area contributed by atoms with Crippen molar-refractivity contribution in [2.75, 3.05) is 0 Å². The molecule has 0 amide bonds. The summed E-state index contributed by atoms with van der Waals surface area (Å²) in [6.07, 6.45) is 4.19. The van der Waals surface area contributed by atoms with Crippen molar-refractivity contribution in [3.63, 3.8) is 0 Å². The molecule has 70 valence electrons. The van der Waals surface area contributed by atoms with Crippen LogP contribution in [-0.4, -0.2) is 15.0 Å². The Labute approximate surface area is 80.7 Å². The zero-order valence-corrected chi connectivity index (χ0v) is 7.61. The molecule has 0 N–H and O–H groups in total. The summed E-state index contributed by atoms with van der Waals surface area (Å²) in [6.45, 7) is 1.86. The first kappa shape index (κ1) is 8.74. The third kappa shape index (κ3) is 1.74. The molecule has 0 spiro atoms. The summed E-state index contributed by atoms with van der Waals surface area (Å²) >= 11 is 0. The molecule has 2 aromatic rings. The molecule has 4 heteroatoms. The number of hydrogen-bond acceptors (Lipinski definition) is 3. The average molecular weight is 189 g/mol. The Bertz CT molecular complexity index is 413. The van der Waals surface area contributed by atoms with Crippen LogP contribution in [0, 0.1) is 12.7 Å². The number of nitrogens with zero attached hydrogens (tertiary/aromatic N) is 3. The number of rotatable bonds is 1. The van der Waals surface area contributed by atoms with Gasteiger partial charge in [0.25, 0.3) is 0 Å². The molecule has 14 heavy (non-hydrogen) atoms. The van der Waals surface area contributed by atoms with Gasteiger partial charge >= 0.3 is 0 Å². The van der Waals surface area contributed by atoms with Gasteiger partial charge in [0.1, 0.15) is 12.1 Å². The Morgan fingerprint density at radius 3 is 2.71 bits per heavy atom. The van der Waals surface area contributed by atoms with Crippen LogP contribution in [0.3, 0.4) is 0 Å². The molecule has 0 saturated carbocycles. The van der Waals surface area contributed by atoms with E-state index in [1.54, 1.807) is 12.3 Å². The number of hydrogen-bond donors (Lipinski definition) is 0. The standard InChI is InChI=1S/C10H8FN3/c1-7-2-10(14-6-13-7)8-3-9(11)5-12-4-8/h2-6H,1H3. The van der Waals surface area contributed by atoms with Crippen molar-refractivity contribution in [2.45, 2.75) is 6.92 Å². The van der Waals surface area contributed by atoms with Crippen molar-refractivity contribution < 1.29 is 4.39 Å². The van der Waals surface area contributed by atoms with Gasteiger partial charge < -0.3 is 0 Å². The van der Waals surface area contributed by atoms with Crippen LogP contribution >= 0.6 is 0 Å². The number of pyridine rings is 1. The van der Waals surface area contributed by atoms with Gasteiger partial charge in [0.05, 0.1) is 11.9 Å². The SMILES string of the molecule is Cc1cc(-c2cncc(F)c2)ncn1. The molecule has 0 aromatic carbocycles. The predicted molar refractivity (Wildman–Crippen MR) is 50.0 cm³/mol. The van der Waals surface area contributed by atoms with Crippen molar-refractivity contribution in [3.8, 4) is 11.3 Å². The molecule has 0 bridgehead atoms. The van der Waals surface area contributed by atoms with Crippen molar-refractivity contribution in [2.24, 2.45) is 0 Å². The smallest absolute Gasteiger partial charge is 0.142 e. The lowest BCUT2D eigenvalue weighted by molar-refractivity contribution is 0.622. The Hall–Kier alpha value is -1.84. The van der Waals surface area contributed by atoms with E-state index < -0.39 is 0 Å². The monoisotopic (exact) mass is 189 g/mol. The highest BCUT2D eigenvalue weighted by atomic mass is 19.1. The van der Waals surface area contributed by atoms with E-state index in [0.29, 0.717) is 11.3 Å². The Morgan fingerprint density at radius 2 is 2.00 bits per heavy atom. The Morgan fingerprint density at radius 1 is 1.14 bits per heavy atom. The second-order valence-electron chi connectivity index (χ2n) is 2.94. The second-order valence-corrected chi connectivity index (χ2v) is 2.94. The highest BCUT2D eigenvalue weighted by Gasteiger charge is 2.01. The first-order chi connectivity index (χ1) is 6.75. The largest absolute Gasteiger partial charge is 0.261 e. The fraction of sp³-hybridized carbons (Fsp3) is 0.100. The van der Waals surface area contributed by atoms with Crippen LogP contribution in [0.15, 0.2) is 30.9 Å². The fourth-order valence-corrected chi connectivity index (χ4v) is 1.16. The molecule has 0 saturated heterocycles. The lowest BCUT2D eigenvalue weighted by atomic mass is 10.2. The van der Waals surface area contributed by atoms with Crippen LogP contribution < -0.4 is 0 Å². The van der Waals surface area contributed by atoms with Gasteiger partial charge in [-0.15, -0.1) is 0 Å². The molecule has 0 aliphatic heterocycles. The third-order valence-corrected chi connectivity index (χ3v) is 1.80. The molecule has 2 aromatic heterocycles. The van der Waals surface area contributed by atoms with Gasteiger partial charge in [0, 0.05) is 17.5 Å². The zero-order chi connectivity index (χ0) is 9.97. The Balaban J connectivity index is 2.49. The van der Waals surface area contributed by atoms with E-state index >= 15 is 0 Å². The van der Waals surface area contributed by atoms with E-state index in [-0.39, 0.29) is 5.82 Å². The maximum atomic E-state index is 12.8. The van der Waals surface area contributed by atoms with Gasteiger partial charge in [-0.1, -0.05) is 0 Å². The summed E-state index contributed by atoms with van der Waals surface area (Å²) in [6, 6.07) is 3.19. The van der Waals surface area contributed by atoms with Gasteiger partial charge in [-0.05, 0) is 19.1 Å². The van der Waals surface area contributed by atoms with Crippen LogP contribution in [0.5, 0.6) is 0 Å². The summed E-state index contributed by atoms with van der Waals surface area (Å²) in [7, 11) is 0. The number of aryl methyl sites for hydroxylation is 1. The van der Waals surface area contributed by atoms with E-state index in [4.69, 9.17) is 0 Å². The quantitative estimate of drug-likeness (QED) is 0.688. The van der Waals surface area contributed by atoms with Crippen LogP contribution in [-0.2, 0) is 0 Å². The summed E-state index contributed by atoms with van der Waals surface area (Å²) in [5, 5.41) is 0. The minimum atomic E-state index is -0.362. The molecule has 0 fully saturated rings. The average Bonchev–Trinajstić information content (AvgIpc) is 2.18. The molecule has 0 radical (unpaired) electrons. The molecule has 2 heterocycles. The van der Waals surface area contributed by atoms with Crippen LogP contribution in [0.2, 0.25) is 0 Å². The van der Waals surface area contributed by atoms with Crippen molar-refractivity contribution >= 4 is 0 Å². The first-order valence-corrected chi connectivity index (χ1v) is 4.15.